The third-order valence-electron chi connectivity index (χ3n) is 5.56. The fraction of sp³-hybridized carbons (Fsp3) is 0.522. The van der Waals surface area contributed by atoms with Crippen LogP contribution in [0.4, 0.5) is 0 Å². The van der Waals surface area contributed by atoms with Gasteiger partial charge in [-0.05, 0) is 43.4 Å². The Bertz CT molecular complexity index is 906. The molecule has 9 N–H and O–H groups in total. The van der Waals surface area contributed by atoms with Gasteiger partial charge in [0.1, 0.15) is 23.9 Å². The van der Waals surface area contributed by atoms with Crippen molar-refractivity contribution in [3.63, 3.8) is 0 Å². The number of carbonyl (C=O) groups is 5. The number of amides is 4. The maximum Gasteiger partial charge on any atom is 0.325 e. The highest BCUT2D eigenvalue weighted by molar-refractivity contribution is 5.94. The molecule has 12 heteroatoms. The monoisotopic (exact) mass is 493 g/mol. The first-order valence-electron chi connectivity index (χ1n) is 11.3. The van der Waals surface area contributed by atoms with Crippen molar-refractivity contribution in [2.75, 3.05) is 0 Å². The van der Waals surface area contributed by atoms with Crippen LogP contribution in [-0.4, -0.2) is 64.0 Å². The molecule has 0 radical (unpaired) electrons. The van der Waals surface area contributed by atoms with Gasteiger partial charge in [0.05, 0.1) is 6.04 Å². The van der Waals surface area contributed by atoms with Crippen molar-refractivity contribution in [1.29, 1.82) is 0 Å². The fourth-order valence-electron chi connectivity index (χ4n) is 3.13. The predicted octanol–water partition coefficient (Wildman–Crippen LogP) is -0.867. The summed E-state index contributed by atoms with van der Waals surface area (Å²) in [7, 11) is 0. The first kappa shape index (κ1) is 29.4. The second kappa shape index (κ2) is 13.9. The average Bonchev–Trinajstić information content (AvgIpc) is 2.80. The van der Waals surface area contributed by atoms with Crippen molar-refractivity contribution in [2.24, 2.45) is 17.4 Å². The van der Waals surface area contributed by atoms with Gasteiger partial charge in [-0.25, -0.2) is 0 Å². The molecule has 0 aromatic heterocycles. The largest absolute Gasteiger partial charge is 0.508 e. The Kier molecular flexibility index (Phi) is 11.7. The van der Waals surface area contributed by atoms with Gasteiger partial charge >= 0.3 is 5.97 Å². The molecule has 0 saturated heterocycles. The lowest BCUT2D eigenvalue weighted by Crippen LogP contribution is -2.58. The van der Waals surface area contributed by atoms with Crippen LogP contribution in [0.1, 0.15) is 45.6 Å². The number of aliphatic carboxylic acids is 1. The highest BCUT2D eigenvalue weighted by Gasteiger charge is 2.32. The maximum atomic E-state index is 13.0. The quantitative estimate of drug-likeness (QED) is 0.172. The van der Waals surface area contributed by atoms with E-state index in [0.717, 1.165) is 0 Å². The van der Waals surface area contributed by atoms with Gasteiger partial charge in [0.25, 0.3) is 0 Å². The number of primary amides is 1. The van der Waals surface area contributed by atoms with Gasteiger partial charge in [-0.1, -0.05) is 32.4 Å². The van der Waals surface area contributed by atoms with E-state index in [0.29, 0.717) is 12.0 Å². The van der Waals surface area contributed by atoms with E-state index in [1.807, 2.05) is 0 Å². The minimum absolute atomic E-state index is 0.0626. The summed E-state index contributed by atoms with van der Waals surface area (Å²) in [6.45, 7) is 4.80. The molecule has 0 bridgehead atoms. The minimum atomic E-state index is -1.23. The summed E-state index contributed by atoms with van der Waals surface area (Å²) in [5, 5.41) is 25.8. The van der Waals surface area contributed by atoms with Gasteiger partial charge in [0.2, 0.25) is 23.6 Å². The van der Waals surface area contributed by atoms with Gasteiger partial charge in [0.15, 0.2) is 0 Å². The van der Waals surface area contributed by atoms with E-state index in [4.69, 9.17) is 16.6 Å². The molecule has 5 atom stereocenters. The number of carbonyl (C=O) groups excluding carboxylic acids is 4. The molecule has 4 amide bonds. The first-order chi connectivity index (χ1) is 16.3. The Hall–Kier alpha value is -3.67. The van der Waals surface area contributed by atoms with Crippen molar-refractivity contribution in [1.82, 2.24) is 16.0 Å². The Morgan fingerprint density at radius 3 is 2.06 bits per heavy atom. The second-order valence-corrected chi connectivity index (χ2v) is 8.48. The van der Waals surface area contributed by atoms with Crippen molar-refractivity contribution in [2.45, 2.75) is 70.6 Å². The average molecular weight is 494 g/mol. The standard InChI is InChI=1S/C23H35N5O7/c1-4-12(2)19(22(33)26-13(3)23(34)35)28-21(32)17(9-10-18(25)30)27-20(31)16(24)11-14-5-7-15(29)8-6-14/h5-8,12-13,16-17,19,29H,4,9-11,24H2,1-3H3,(H2,25,30)(H,26,33)(H,27,31)(H,28,32)(H,34,35). The lowest BCUT2D eigenvalue weighted by molar-refractivity contribution is -0.142. The van der Waals surface area contributed by atoms with E-state index in [2.05, 4.69) is 16.0 Å². The second-order valence-electron chi connectivity index (χ2n) is 8.48. The third-order valence-corrected chi connectivity index (χ3v) is 5.56. The van der Waals surface area contributed by atoms with Crippen LogP contribution in [0.2, 0.25) is 0 Å². The molecule has 0 spiro atoms. The number of hydrogen-bond acceptors (Lipinski definition) is 7. The van der Waals surface area contributed by atoms with Gasteiger partial charge in [0, 0.05) is 6.42 Å². The molecule has 0 heterocycles. The predicted molar refractivity (Wildman–Crippen MR) is 127 cm³/mol. The summed E-state index contributed by atoms with van der Waals surface area (Å²) in [6.07, 6.45) is 0.290. The summed E-state index contributed by atoms with van der Waals surface area (Å²) in [5.41, 5.74) is 11.9. The summed E-state index contributed by atoms with van der Waals surface area (Å²) >= 11 is 0. The highest BCUT2D eigenvalue weighted by Crippen LogP contribution is 2.12. The van der Waals surface area contributed by atoms with Crippen molar-refractivity contribution >= 4 is 29.6 Å². The molecular weight excluding hydrogens is 458 g/mol. The Labute approximate surface area is 203 Å². The molecule has 1 rings (SSSR count). The molecule has 0 aliphatic rings. The number of phenolic OH excluding ortho intramolecular Hbond substituents is 1. The molecular formula is C23H35N5O7. The molecule has 1 aromatic carbocycles. The number of rotatable bonds is 14. The van der Waals surface area contributed by atoms with E-state index in [-0.39, 0.29) is 30.9 Å². The Morgan fingerprint density at radius 1 is 0.943 bits per heavy atom. The first-order valence-corrected chi connectivity index (χ1v) is 11.3. The van der Waals surface area contributed by atoms with Crippen LogP contribution in [0.3, 0.4) is 0 Å². The number of aromatic hydroxyl groups is 1. The van der Waals surface area contributed by atoms with Gasteiger partial charge in [-0.2, -0.15) is 0 Å². The van der Waals surface area contributed by atoms with E-state index < -0.39 is 53.8 Å². The van der Waals surface area contributed by atoms with Gasteiger partial charge in [-0.3, -0.25) is 24.0 Å². The summed E-state index contributed by atoms with van der Waals surface area (Å²) in [6, 6.07) is 1.62. The van der Waals surface area contributed by atoms with Crippen LogP contribution in [0.25, 0.3) is 0 Å². The number of hydrogen-bond donors (Lipinski definition) is 7. The summed E-state index contributed by atoms with van der Waals surface area (Å²) in [5.74, 6) is -4.30. The Balaban J connectivity index is 2.97. The molecule has 0 aliphatic carbocycles. The van der Waals surface area contributed by atoms with Crippen LogP contribution in [0.5, 0.6) is 5.75 Å². The van der Waals surface area contributed by atoms with Crippen LogP contribution in [0.15, 0.2) is 24.3 Å². The lowest BCUT2D eigenvalue weighted by atomic mass is 9.97. The lowest BCUT2D eigenvalue weighted by Gasteiger charge is -2.27. The SMILES string of the molecule is CCC(C)C(NC(=O)C(CCC(N)=O)NC(=O)C(N)Cc1ccc(O)cc1)C(=O)NC(C)C(=O)O. The molecule has 1 aromatic rings. The maximum absolute atomic E-state index is 13.0. The Morgan fingerprint density at radius 2 is 1.54 bits per heavy atom. The number of carboxylic acid groups (broad SMARTS) is 1. The number of nitrogens with one attached hydrogen (secondary N) is 3. The molecule has 5 unspecified atom stereocenters. The zero-order valence-electron chi connectivity index (χ0n) is 20.1. The van der Waals surface area contributed by atoms with Crippen molar-refractivity contribution < 1.29 is 34.2 Å². The van der Waals surface area contributed by atoms with Gasteiger partial charge < -0.3 is 37.6 Å². The number of benzene rings is 1. The molecule has 0 fully saturated rings. The van der Waals surface area contributed by atoms with Crippen LogP contribution in [0, 0.1) is 5.92 Å². The molecule has 194 valence electrons. The van der Waals surface area contributed by atoms with E-state index >= 15 is 0 Å². The number of phenols is 1. The molecule has 0 aliphatic heterocycles. The normalized spacial score (nSPS) is 15.1. The third kappa shape index (κ3) is 10.0. The van der Waals surface area contributed by atoms with Crippen LogP contribution in [-0.2, 0) is 30.4 Å². The topological polar surface area (TPSA) is 214 Å². The zero-order chi connectivity index (χ0) is 26.7. The zero-order valence-corrected chi connectivity index (χ0v) is 20.1. The smallest absolute Gasteiger partial charge is 0.325 e. The molecule has 0 saturated carbocycles. The summed E-state index contributed by atoms with van der Waals surface area (Å²) in [4.78, 5) is 60.7. The van der Waals surface area contributed by atoms with Crippen molar-refractivity contribution in [3.05, 3.63) is 29.8 Å². The number of nitrogens with two attached hydrogens (primary N) is 2. The van der Waals surface area contributed by atoms with E-state index in [1.54, 1.807) is 26.0 Å². The highest BCUT2D eigenvalue weighted by atomic mass is 16.4. The van der Waals surface area contributed by atoms with Gasteiger partial charge in [-0.15, -0.1) is 0 Å². The molecule has 12 nitrogen and oxygen atoms in total. The van der Waals surface area contributed by atoms with Crippen molar-refractivity contribution in [3.8, 4) is 5.75 Å². The van der Waals surface area contributed by atoms with Crippen LogP contribution < -0.4 is 27.4 Å². The fourth-order valence-corrected chi connectivity index (χ4v) is 3.13. The summed E-state index contributed by atoms with van der Waals surface area (Å²) < 4.78 is 0. The van der Waals surface area contributed by atoms with E-state index in [1.165, 1.54) is 19.1 Å². The van der Waals surface area contributed by atoms with E-state index in [9.17, 15) is 29.1 Å². The minimum Gasteiger partial charge on any atom is -0.508 e. The number of carboxylic acids is 1. The molecule has 35 heavy (non-hydrogen) atoms. The van der Waals surface area contributed by atoms with Crippen LogP contribution >= 0.6 is 0 Å².